The van der Waals surface area contributed by atoms with Crippen molar-refractivity contribution >= 4 is 35.8 Å². The summed E-state index contributed by atoms with van der Waals surface area (Å²) in [6.07, 6.45) is 4.21. The molecule has 0 aliphatic carbocycles. The number of piperidine rings is 1. The molecule has 3 aliphatic rings. The van der Waals surface area contributed by atoms with Crippen LogP contribution in [-0.2, 0) is 27.9 Å². The molecule has 1 atom stereocenters. The van der Waals surface area contributed by atoms with Crippen LogP contribution in [0.5, 0.6) is 5.75 Å². The summed E-state index contributed by atoms with van der Waals surface area (Å²) < 4.78 is 50.3. The number of nitrogens with zero attached hydrogens (tertiary/aromatic N) is 3. The maximum Gasteiger partial charge on any atom is 0.408 e. The smallest absolute Gasteiger partial charge is 0.408 e. The fraction of sp³-hybridized carbons (Fsp3) is 0.545. The van der Waals surface area contributed by atoms with E-state index >= 15 is 0 Å². The average Bonchev–Trinajstić information content (AvgIpc) is 3.74. The number of carbonyl (C=O) groups excluding carboxylic acids is 2. The van der Waals surface area contributed by atoms with E-state index in [9.17, 15) is 14.2 Å². The molecule has 1 spiro atoms. The second-order valence-corrected chi connectivity index (χ2v) is 14.9. The molecule has 0 radical (unpaired) electrons. The third-order valence-electron chi connectivity index (χ3n) is 9.20. The highest BCUT2D eigenvalue weighted by Crippen LogP contribution is 2.57. The zero-order valence-electron chi connectivity index (χ0n) is 27.3. The van der Waals surface area contributed by atoms with Gasteiger partial charge in [0, 0.05) is 31.9 Å². The Labute approximate surface area is 278 Å². The van der Waals surface area contributed by atoms with E-state index in [0.717, 1.165) is 18.4 Å². The van der Waals surface area contributed by atoms with Gasteiger partial charge < -0.3 is 18.6 Å². The molecule has 1 aromatic carbocycles. The third kappa shape index (κ3) is 6.35. The van der Waals surface area contributed by atoms with Crippen LogP contribution in [-0.4, -0.2) is 80.6 Å². The maximum absolute atomic E-state index is 14.9. The number of hydrogen-bond acceptors (Lipinski definition) is 11. The van der Waals surface area contributed by atoms with Gasteiger partial charge in [0.1, 0.15) is 28.5 Å². The van der Waals surface area contributed by atoms with Crippen molar-refractivity contribution < 1.29 is 41.8 Å². The van der Waals surface area contributed by atoms with Crippen molar-refractivity contribution in [1.82, 2.24) is 9.65 Å². The molecule has 5 heterocycles. The second-order valence-electron chi connectivity index (χ2n) is 11.8. The summed E-state index contributed by atoms with van der Waals surface area (Å²) in [5.74, 6) is 0.508. The van der Waals surface area contributed by atoms with E-state index in [1.807, 2.05) is 31.2 Å². The lowest BCUT2D eigenvalue weighted by Crippen LogP contribution is -2.57. The number of anilines is 1. The Bertz CT molecular complexity index is 1600. The normalized spacial score (nSPS) is 19.7. The summed E-state index contributed by atoms with van der Waals surface area (Å²) in [7, 11) is -1.96. The van der Waals surface area contributed by atoms with E-state index < -0.39 is 19.3 Å². The van der Waals surface area contributed by atoms with Crippen molar-refractivity contribution in [3.05, 3.63) is 53.4 Å². The molecule has 2 saturated heterocycles. The lowest BCUT2D eigenvalue weighted by atomic mass is 9.69. The lowest BCUT2D eigenvalue weighted by Gasteiger charge is -2.46. The van der Waals surface area contributed by atoms with Crippen molar-refractivity contribution in [2.75, 3.05) is 58.1 Å². The minimum absolute atomic E-state index is 0.0731. The number of fused-ring (bicyclic) bond motifs is 1. The number of aromatic nitrogens is 1. The Hall–Kier alpha value is -2.90. The van der Waals surface area contributed by atoms with Gasteiger partial charge in [0.05, 0.1) is 49.6 Å². The quantitative estimate of drug-likeness (QED) is 0.154. The highest BCUT2D eigenvalue weighted by molar-refractivity contribution is 7.51. The van der Waals surface area contributed by atoms with Gasteiger partial charge in [-0.05, 0) is 58.1 Å². The van der Waals surface area contributed by atoms with Crippen LogP contribution in [0.2, 0.25) is 0 Å². The van der Waals surface area contributed by atoms with E-state index in [0.29, 0.717) is 45.9 Å². The molecule has 2 fully saturated rings. The molecule has 254 valence electrons. The van der Waals surface area contributed by atoms with Gasteiger partial charge in [0.2, 0.25) is 11.8 Å². The minimum Gasteiger partial charge on any atom is -0.496 e. The molecule has 2 aromatic heterocycles. The van der Waals surface area contributed by atoms with Gasteiger partial charge in [-0.15, -0.1) is 11.3 Å². The van der Waals surface area contributed by atoms with Gasteiger partial charge in [0.15, 0.2) is 5.78 Å². The number of para-hydroxylation sites is 1. The van der Waals surface area contributed by atoms with Crippen LogP contribution in [0.4, 0.5) is 5.00 Å². The maximum atomic E-state index is 14.9. The SMILES string of the molecule is CCOP(=O)(OCC)N1CCC2(CC1)C(=O)c1c(sc(-c3ncco3)c1C)N(C[C@H](OC1CCOCC1)c1ccccc1OC)C2=O. The highest BCUT2D eigenvalue weighted by atomic mass is 32.1. The first-order valence-corrected chi connectivity index (χ1v) is 18.5. The van der Waals surface area contributed by atoms with Gasteiger partial charge >= 0.3 is 7.75 Å². The van der Waals surface area contributed by atoms with E-state index in [1.165, 1.54) is 17.6 Å². The number of carbonyl (C=O) groups is 2. The molecule has 6 rings (SSSR count). The molecule has 0 unspecified atom stereocenters. The van der Waals surface area contributed by atoms with Gasteiger partial charge in [-0.1, -0.05) is 18.2 Å². The van der Waals surface area contributed by atoms with Gasteiger partial charge in [-0.2, -0.15) is 0 Å². The summed E-state index contributed by atoms with van der Waals surface area (Å²) in [5, 5.41) is 0.545. The number of Topliss-reactive ketones (excluding diaryl/α,β-unsaturated/α-hetero) is 1. The Morgan fingerprint density at radius 1 is 1.11 bits per heavy atom. The Morgan fingerprint density at radius 3 is 2.45 bits per heavy atom. The van der Waals surface area contributed by atoms with Crippen LogP contribution >= 0.6 is 19.1 Å². The van der Waals surface area contributed by atoms with Crippen molar-refractivity contribution in [1.29, 1.82) is 0 Å². The average molecular weight is 688 g/mol. The highest BCUT2D eigenvalue weighted by Gasteiger charge is 2.57. The summed E-state index contributed by atoms with van der Waals surface area (Å²) in [4.78, 5) is 36.3. The van der Waals surface area contributed by atoms with Crippen LogP contribution in [0.1, 0.15) is 67.1 Å². The van der Waals surface area contributed by atoms with Crippen LogP contribution < -0.4 is 9.64 Å². The topological polar surface area (TPSA) is 130 Å². The van der Waals surface area contributed by atoms with Gasteiger partial charge in [0.25, 0.3) is 0 Å². The number of methoxy groups -OCH3 is 1. The van der Waals surface area contributed by atoms with Crippen molar-refractivity contribution in [3.8, 4) is 16.5 Å². The molecule has 1 amide bonds. The summed E-state index contributed by atoms with van der Waals surface area (Å²) in [6, 6.07) is 7.65. The first-order chi connectivity index (χ1) is 22.8. The molecule has 47 heavy (non-hydrogen) atoms. The van der Waals surface area contributed by atoms with Crippen molar-refractivity contribution in [3.63, 3.8) is 0 Å². The first kappa shape index (κ1) is 34.0. The summed E-state index contributed by atoms with van der Waals surface area (Å²) in [6.45, 7) is 7.56. The van der Waals surface area contributed by atoms with Crippen molar-refractivity contribution in [2.24, 2.45) is 5.41 Å². The molecule has 3 aliphatic heterocycles. The number of amides is 1. The van der Waals surface area contributed by atoms with E-state index in [-0.39, 0.29) is 63.5 Å². The molecule has 0 saturated carbocycles. The fourth-order valence-electron chi connectivity index (χ4n) is 6.79. The predicted molar refractivity (Wildman–Crippen MR) is 176 cm³/mol. The Balaban J connectivity index is 1.41. The predicted octanol–water partition coefficient (Wildman–Crippen LogP) is 6.45. The van der Waals surface area contributed by atoms with E-state index in [4.69, 9.17) is 27.7 Å². The number of ether oxygens (including phenoxy) is 3. The second kappa shape index (κ2) is 14.3. The zero-order chi connectivity index (χ0) is 33.2. The molecule has 3 aromatic rings. The van der Waals surface area contributed by atoms with Crippen molar-refractivity contribution in [2.45, 2.75) is 58.7 Å². The van der Waals surface area contributed by atoms with E-state index in [1.54, 1.807) is 36.7 Å². The fourth-order valence-corrected chi connectivity index (χ4v) is 9.79. The molecular formula is C33H42N3O9PS. The molecule has 12 nitrogen and oxygen atoms in total. The summed E-state index contributed by atoms with van der Waals surface area (Å²) >= 11 is 1.32. The largest absolute Gasteiger partial charge is 0.496 e. The number of thiophene rings is 1. The number of hydrogen-bond donors (Lipinski definition) is 0. The minimum atomic E-state index is -3.58. The number of rotatable bonds is 12. The van der Waals surface area contributed by atoms with Crippen LogP contribution in [0.3, 0.4) is 0 Å². The first-order valence-electron chi connectivity index (χ1n) is 16.2. The van der Waals surface area contributed by atoms with E-state index in [2.05, 4.69) is 4.98 Å². The van der Waals surface area contributed by atoms with Gasteiger partial charge in [-0.25, -0.2) is 14.2 Å². The molecular weight excluding hydrogens is 645 g/mol. The Kier molecular flexibility index (Phi) is 10.3. The van der Waals surface area contributed by atoms with Crippen LogP contribution in [0.25, 0.3) is 10.8 Å². The lowest BCUT2D eigenvalue weighted by molar-refractivity contribution is -0.129. The Morgan fingerprint density at radius 2 is 1.81 bits per heavy atom. The number of ketones is 1. The molecule has 0 N–H and O–H groups in total. The molecule has 0 bridgehead atoms. The van der Waals surface area contributed by atoms with Gasteiger partial charge in [-0.3, -0.25) is 23.5 Å². The summed E-state index contributed by atoms with van der Waals surface area (Å²) in [5.41, 5.74) is 0.646. The standard InChI is InChI=1S/C33H42N3O9PS/c1-5-43-46(39,44-6-2)35-16-13-33(14-17-35)29(37)27-22(3)28(30-34-15-20-42-30)47-31(27)36(32(33)38)21-26(45-23-11-18-41-19-12-23)24-9-7-8-10-25(24)40-4/h7-10,15,20,23,26H,5-6,11-14,16-19,21H2,1-4H3/t26-/m0/s1. The monoisotopic (exact) mass is 687 g/mol. The zero-order valence-corrected chi connectivity index (χ0v) is 29.0. The van der Waals surface area contributed by atoms with Crippen LogP contribution in [0, 0.1) is 12.3 Å². The molecule has 14 heteroatoms. The third-order valence-corrected chi connectivity index (χ3v) is 12.8. The number of benzene rings is 1. The number of oxazole rings is 1. The van der Waals surface area contributed by atoms with Crippen LogP contribution in [0.15, 0.2) is 41.1 Å².